The lowest BCUT2D eigenvalue weighted by Crippen LogP contribution is -2.02. The number of hydrogen-bond donors (Lipinski definition) is 2. The van der Waals surface area contributed by atoms with Gasteiger partial charge in [0.2, 0.25) is 0 Å². The molecule has 0 aliphatic heterocycles. The molecule has 0 heterocycles. The molecule has 0 unspecified atom stereocenters. The average Bonchev–Trinajstić information content (AvgIpc) is 1.63. The van der Waals surface area contributed by atoms with Gasteiger partial charge in [-0.05, 0) is 6.08 Å². The quantitative estimate of drug-likeness (QED) is 0.437. The highest BCUT2D eigenvalue weighted by molar-refractivity contribution is 7.80. The van der Waals surface area contributed by atoms with Crippen LogP contribution in [0.3, 0.4) is 0 Å². The van der Waals surface area contributed by atoms with Crippen LogP contribution in [0.1, 0.15) is 0 Å². The Morgan fingerprint density at radius 3 is 2.44 bits per heavy atom. The Kier molecular flexibility index (Phi) is 3.21. The Balaban J connectivity index is 3.53. The van der Waals surface area contributed by atoms with Crippen LogP contribution in [-0.4, -0.2) is 24.7 Å². The zero-order chi connectivity index (χ0) is 7.33. The molecule has 0 fully saturated rings. The zero-order valence-electron chi connectivity index (χ0n) is 4.39. The number of aliphatic hydroxyl groups excluding tert-OH is 1. The van der Waals surface area contributed by atoms with Gasteiger partial charge in [-0.3, -0.25) is 4.55 Å². The van der Waals surface area contributed by atoms with E-state index < -0.39 is 10.4 Å². The third kappa shape index (κ3) is 7.41. The molecule has 0 aromatic carbocycles. The maximum absolute atomic E-state index is 9.72. The maximum Gasteiger partial charge on any atom is 0.397 e. The standard InChI is InChI=1S/C3H6O5S/c4-2-1-3-8-9(5,6)7/h1-2,4H,3H2,(H,5,6,7). The lowest BCUT2D eigenvalue weighted by molar-refractivity contribution is 0.294. The Morgan fingerprint density at radius 2 is 2.11 bits per heavy atom. The van der Waals surface area contributed by atoms with E-state index in [1.807, 2.05) is 0 Å². The topological polar surface area (TPSA) is 83.8 Å². The molecule has 0 aromatic heterocycles. The molecule has 9 heavy (non-hydrogen) atoms. The summed E-state index contributed by atoms with van der Waals surface area (Å²) in [4.78, 5) is 0. The van der Waals surface area contributed by atoms with Gasteiger partial charge in [-0.15, -0.1) is 0 Å². The number of rotatable bonds is 3. The van der Waals surface area contributed by atoms with Gasteiger partial charge in [-0.1, -0.05) is 0 Å². The first-order valence-electron chi connectivity index (χ1n) is 1.97. The molecule has 0 bridgehead atoms. The second kappa shape index (κ2) is 3.44. The first-order chi connectivity index (χ1) is 4.06. The molecule has 0 aliphatic rings. The van der Waals surface area contributed by atoms with Crippen molar-refractivity contribution in [2.45, 2.75) is 0 Å². The predicted molar refractivity (Wildman–Crippen MR) is 29.3 cm³/mol. The van der Waals surface area contributed by atoms with Crippen molar-refractivity contribution in [1.82, 2.24) is 0 Å². The van der Waals surface area contributed by atoms with Crippen molar-refractivity contribution in [2.24, 2.45) is 0 Å². The van der Waals surface area contributed by atoms with Gasteiger partial charge >= 0.3 is 10.4 Å². The third-order valence-electron chi connectivity index (χ3n) is 0.419. The summed E-state index contributed by atoms with van der Waals surface area (Å²) in [6.45, 7) is -0.366. The van der Waals surface area contributed by atoms with E-state index in [9.17, 15) is 8.42 Å². The smallest absolute Gasteiger partial charge is 0.397 e. The minimum atomic E-state index is -4.36. The fraction of sp³-hybridized carbons (Fsp3) is 0.333. The summed E-state index contributed by atoms with van der Waals surface area (Å²) in [5.74, 6) is 0. The van der Waals surface area contributed by atoms with Crippen LogP contribution in [0, 0.1) is 0 Å². The second-order valence-corrected chi connectivity index (χ2v) is 2.19. The van der Waals surface area contributed by atoms with E-state index in [1.54, 1.807) is 0 Å². The van der Waals surface area contributed by atoms with E-state index in [0.717, 1.165) is 6.08 Å². The van der Waals surface area contributed by atoms with Gasteiger partial charge in [0.1, 0.15) is 0 Å². The fourth-order valence-corrected chi connectivity index (χ4v) is 0.419. The van der Waals surface area contributed by atoms with Crippen LogP contribution < -0.4 is 0 Å². The van der Waals surface area contributed by atoms with Crippen molar-refractivity contribution < 1.29 is 22.3 Å². The molecule has 54 valence electrons. The van der Waals surface area contributed by atoms with Gasteiger partial charge in [-0.25, -0.2) is 4.18 Å². The van der Waals surface area contributed by atoms with Gasteiger partial charge in [0.15, 0.2) is 0 Å². The Labute approximate surface area is 52.5 Å². The normalized spacial score (nSPS) is 12.6. The van der Waals surface area contributed by atoms with Gasteiger partial charge in [-0.2, -0.15) is 8.42 Å². The maximum atomic E-state index is 9.72. The van der Waals surface area contributed by atoms with E-state index in [0.29, 0.717) is 6.26 Å². The summed E-state index contributed by atoms with van der Waals surface area (Å²) in [5.41, 5.74) is 0. The highest BCUT2D eigenvalue weighted by atomic mass is 32.3. The van der Waals surface area contributed by atoms with Crippen molar-refractivity contribution in [3.63, 3.8) is 0 Å². The van der Waals surface area contributed by atoms with Crippen LogP contribution in [0.2, 0.25) is 0 Å². The molecule has 0 spiro atoms. The van der Waals surface area contributed by atoms with Gasteiger partial charge in [0.25, 0.3) is 0 Å². The number of aliphatic hydroxyl groups is 1. The molecular formula is C3H6O5S. The van der Waals surface area contributed by atoms with Gasteiger partial charge < -0.3 is 5.11 Å². The SMILES string of the molecule is O=S(=O)(O)OCC=CO. The molecule has 0 aromatic rings. The van der Waals surface area contributed by atoms with Crippen molar-refractivity contribution in [1.29, 1.82) is 0 Å². The molecule has 0 aliphatic carbocycles. The highest BCUT2D eigenvalue weighted by Gasteiger charge is 1.99. The van der Waals surface area contributed by atoms with Crippen LogP contribution in [0.5, 0.6) is 0 Å². The van der Waals surface area contributed by atoms with Crippen LogP contribution >= 0.6 is 0 Å². The van der Waals surface area contributed by atoms with E-state index in [4.69, 9.17) is 9.66 Å². The van der Waals surface area contributed by atoms with Crippen molar-refractivity contribution in [3.05, 3.63) is 12.3 Å². The van der Waals surface area contributed by atoms with Gasteiger partial charge in [0.05, 0.1) is 12.9 Å². The van der Waals surface area contributed by atoms with E-state index in [2.05, 4.69) is 4.18 Å². The predicted octanol–water partition coefficient (Wildman–Crippen LogP) is -0.122. The highest BCUT2D eigenvalue weighted by Crippen LogP contribution is 1.84. The molecule has 0 rings (SSSR count). The minimum absolute atomic E-state index is 0.366. The summed E-state index contributed by atoms with van der Waals surface area (Å²) in [6, 6.07) is 0. The fourth-order valence-electron chi connectivity index (χ4n) is 0.168. The molecule has 0 radical (unpaired) electrons. The first-order valence-corrected chi connectivity index (χ1v) is 3.34. The third-order valence-corrected chi connectivity index (χ3v) is 0.853. The molecule has 6 heteroatoms. The molecule has 2 N–H and O–H groups in total. The van der Waals surface area contributed by atoms with Crippen molar-refractivity contribution in [3.8, 4) is 0 Å². The van der Waals surface area contributed by atoms with Crippen LogP contribution in [0.15, 0.2) is 12.3 Å². The van der Waals surface area contributed by atoms with E-state index in [-0.39, 0.29) is 6.61 Å². The summed E-state index contributed by atoms with van der Waals surface area (Å²) < 4.78 is 31.1. The summed E-state index contributed by atoms with van der Waals surface area (Å²) in [5, 5.41) is 7.93. The van der Waals surface area contributed by atoms with Crippen molar-refractivity contribution >= 4 is 10.4 Å². The molecule has 0 saturated heterocycles. The molecule has 0 saturated carbocycles. The summed E-state index contributed by atoms with van der Waals surface area (Å²) >= 11 is 0. The second-order valence-electron chi connectivity index (χ2n) is 1.10. The monoisotopic (exact) mass is 154 g/mol. The lowest BCUT2D eigenvalue weighted by Gasteiger charge is -1.90. The Hall–Kier alpha value is -0.590. The summed E-state index contributed by atoms with van der Waals surface area (Å²) in [6.07, 6.45) is 1.64. The van der Waals surface area contributed by atoms with Crippen LogP contribution in [-0.2, 0) is 14.6 Å². The largest absolute Gasteiger partial charge is 0.516 e. The summed E-state index contributed by atoms with van der Waals surface area (Å²) in [7, 11) is -4.36. The molecule has 0 amide bonds. The van der Waals surface area contributed by atoms with Crippen molar-refractivity contribution in [2.75, 3.05) is 6.61 Å². The average molecular weight is 154 g/mol. The molecule has 0 atom stereocenters. The first kappa shape index (κ1) is 8.41. The zero-order valence-corrected chi connectivity index (χ0v) is 5.21. The molecule has 5 nitrogen and oxygen atoms in total. The lowest BCUT2D eigenvalue weighted by atomic mass is 10.7. The Morgan fingerprint density at radius 1 is 1.56 bits per heavy atom. The van der Waals surface area contributed by atoms with Gasteiger partial charge in [0, 0.05) is 0 Å². The van der Waals surface area contributed by atoms with Crippen LogP contribution in [0.25, 0.3) is 0 Å². The number of hydrogen-bond acceptors (Lipinski definition) is 4. The molecular weight excluding hydrogens is 148 g/mol. The minimum Gasteiger partial charge on any atom is -0.516 e. The van der Waals surface area contributed by atoms with E-state index in [1.165, 1.54) is 0 Å². The van der Waals surface area contributed by atoms with Crippen LogP contribution in [0.4, 0.5) is 0 Å². The Bertz CT molecular complexity index is 178. The van der Waals surface area contributed by atoms with E-state index >= 15 is 0 Å².